The summed E-state index contributed by atoms with van der Waals surface area (Å²) in [5.74, 6) is 0. The number of aromatic nitrogens is 2. The summed E-state index contributed by atoms with van der Waals surface area (Å²) in [6.45, 7) is 2.52. The summed E-state index contributed by atoms with van der Waals surface area (Å²) in [7, 11) is 0. The SMILES string of the molecule is O=C(NC[C@@H](O)CN1CCc2ccccc2C1)Nc1cn[nH]c1. The summed E-state index contributed by atoms with van der Waals surface area (Å²) in [6, 6.07) is 8.04. The Hall–Kier alpha value is -2.38. The van der Waals surface area contributed by atoms with Gasteiger partial charge in [-0.3, -0.25) is 10.00 Å². The van der Waals surface area contributed by atoms with Crippen LogP contribution in [0, 0.1) is 0 Å². The number of benzene rings is 1. The van der Waals surface area contributed by atoms with Crippen LogP contribution in [0.3, 0.4) is 0 Å². The maximum atomic E-state index is 11.7. The number of nitrogens with one attached hydrogen (secondary N) is 3. The number of nitrogens with zero attached hydrogens (tertiary/aromatic N) is 2. The molecule has 0 aliphatic carbocycles. The molecule has 1 aliphatic rings. The van der Waals surface area contributed by atoms with E-state index < -0.39 is 6.10 Å². The van der Waals surface area contributed by atoms with E-state index in [1.165, 1.54) is 17.3 Å². The molecule has 7 nitrogen and oxygen atoms in total. The van der Waals surface area contributed by atoms with E-state index >= 15 is 0 Å². The molecule has 3 rings (SSSR count). The van der Waals surface area contributed by atoms with Crippen molar-refractivity contribution in [1.82, 2.24) is 20.4 Å². The van der Waals surface area contributed by atoms with Crippen molar-refractivity contribution >= 4 is 11.7 Å². The lowest BCUT2D eigenvalue weighted by Crippen LogP contribution is -2.42. The lowest BCUT2D eigenvalue weighted by molar-refractivity contribution is 0.106. The van der Waals surface area contributed by atoms with Gasteiger partial charge in [-0.15, -0.1) is 0 Å². The number of aromatic amines is 1. The molecule has 2 amide bonds. The first-order valence-corrected chi connectivity index (χ1v) is 7.71. The Morgan fingerprint density at radius 1 is 1.39 bits per heavy atom. The number of anilines is 1. The number of hydrogen-bond donors (Lipinski definition) is 4. The van der Waals surface area contributed by atoms with Crippen molar-refractivity contribution in [3.05, 3.63) is 47.8 Å². The molecular formula is C16H21N5O2. The van der Waals surface area contributed by atoms with Gasteiger partial charge in [0, 0.05) is 32.4 Å². The van der Waals surface area contributed by atoms with Crippen molar-refractivity contribution in [3.8, 4) is 0 Å². The maximum Gasteiger partial charge on any atom is 0.319 e. The number of β-amino-alcohol motifs (C(OH)–C–C–N with tert-alkyl or cyclic N) is 1. The first kappa shape index (κ1) is 15.5. The van der Waals surface area contributed by atoms with Crippen LogP contribution in [0.5, 0.6) is 0 Å². The highest BCUT2D eigenvalue weighted by Gasteiger charge is 2.18. The van der Waals surface area contributed by atoms with Crippen molar-refractivity contribution in [2.24, 2.45) is 0 Å². The summed E-state index contributed by atoms with van der Waals surface area (Å²) in [4.78, 5) is 13.9. The third kappa shape index (κ3) is 4.30. The van der Waals surface area contributed by atoms with Gasteiger partial charge in [0.1, 0.15) is 0 Å². The number of rotatable bonds is 5. The molecule has 0 unspecified atom stereocenters. The molecule has 4 N–H and O–H groups in total. The first-order valence-electron chi connectivity index (χ1n) is 7.71. The largest absolute Gasteiger partial charge is 0.390 e. The Morgan fingerprint density at radius 3 is 3.00 bits per heavy atom. The minimum Gasteiger partial charge on any atom is -0.390 e. The summed E-state index contributed by atoms with van der Waals surface area (Å²) < 4.78 is 0. The molecule has 0 saturated carbocycles. The average molecular weight is 315 g/mol. The second kappa shape index (κ2) is 7.26. The Balaban J connectivity index is 1.41. The zero-order chi connectivity index (χ0) is 16.1. The molecule has 23 heavy (non-hydrogen) atoms. The van der Waals surface area contributed by atoms with Crippen molar-refractivity contribution in [3.63, 3.8) is 0 Å². The van der Waals surface area contributed by atoms with E-state index in [1.54, 1.807) is 6.20 Å². The van der Waals surface area contributed by atoms with E-state index in [0.29, 0.717) is 12.2 Å². The summed E-state index contributed by atoms with van der Waals surface area (Å²) in [5, 5.41) is 21.8. The Labute approximate surface area is 134 Å². The van der Waals surface area contributed by atoms with Crippen LogP contribution >= 0.6 is 0 Å². The van der Waals surface area contributed by atoms with Crippen LogP contribution in [0.2, 0.25) is 0 Å². The summed E-state index contributed by atoms with van der Waals surface area (Å²) in [5.41, 5.74) is 3.29. The molecule has 2 heterocycles. The van der Waals surface area contributed by atoms with E-state index in [2.05, 4.69) is 43.9 Å². The molecule has 1 aliphatic heterocycles. The second-order valence-electron chi connectivity index (χ2n) is 5.73. The Kier molecular flexibility index (Phi) is 4.89. The van der Waals surface area contributed by atoms with Gasteiger partial charge in [-0.1, -0.05) is 24.3 Å². The molecule has 1 aromatic heterocycles. The van der Waals surface area contributed by atoms with Crippen LogP contribution in [0.25, 0.3) is 0 Å². The standard InChI is InChI=1S/C16H21N5O2/c22-15(9-17-16(23)20-14-7-18-19-8-14)11-21-6-5-12-3-1-2-4-13(12)10-21/h1-4,7-8,15,22H,5-6,9-11H2,(H,18,19)(H2,17,20,23)/t15-/m1/s1. The lowest BCUT2D eigenvalue weighted by atomic mass is 10.00. The number of aliphatic hydroxyl groups excluding tert-OH is 1. The van der Waals surface area contributed by atoms with Crippen LogP contribution in [-0.4, -0.2) is 52.0 Å². The number of amides is 2. The molecule has 0 saturated heterocycles. The Bertz CT molecular complexity index is 644. The minimum absolute atomic E-state index is 0.210. The van der Waals surface area contributed by atoms with Gasteiger partial charge >= 0.3 is 6.03 Å². The van der Waals surface area contributed by atoms with Gasteiger partial charge in [-0.2, -0.15) is 5.10 Å². The normalized spacial score (nSPS) is 15.7. The molecular weight excluding hydrogens is 294 g/mol. The van der Waals surface area contributed by atoms with Crippen molar-refractivity contribution in [1.29, 1.82) is 0 Å². The van der Waals surface area contributed by atoms with Crippen LogP contribution in [-0.2, 0) is 13.0 Å². The van der Waals surface area contributed by atoms with Gasteiger partial charge in [0.2, 0.25) is 0 Å². The highest BCUT2D eigenvalue weighted by molar-refractivity contribution is 5.88. The molecule has 2 aromatic rings. The van der Waals surface area contributed by atoms with Crippen LogP contribution < -0.4 is 10.6 Å². The number of H-pyrrole nitrogens is 1. The molecule has 1 aromatic carbocycles. The van der Waals surface area contributed by atoms with Gasteiger partial charge in [-0.25, -0.2) is 4.79 Å². The number of carbonyl (C=O) groups is 1. The zero-order valence-electron chi connectivity index (χ0n) is 12.8. The molecule has 0 bridgehead atoms. The van der Waals surface area contributed by atoms with Crippen molar-refractivity contribution < 1.29 is 9.90 Å². The number of carbonyl (C=O) groups excluding carboxylic acids is 1. The average Bonchev–Trinajstić information content (AvgIpc) is 3.06. The predicted octanol–water partition coefficient (Wildman–Crippen LogP) is 0.950. The minimum atomic E-state index is -0.602. The number of fused-ring (bicyclic) bond motifs is 1. The van der Waals surface area contributed by atoms with Crippen molar-refractivity contribution in [2.75, 3.05) is 25.0 Å². The highest BCUT2D eigenvalue weighted by atomic mass is 16.3. The second-order valence-corrected chi connectivity index (χ2v) is 5.73. The van der Waals surface area contributed by atoms with Gasteiger partial charge in [0.05, 0.1) is 18.0 Å². The highest BCUT2D eigenvalue weighted by Crippen LogP contribution is 2.18. The summed E-state index contributed by atoms with van der Waals surface area (Å²) in [6.07, 6.45) is 3.50. The zero-order valence-corrected chi connectivity index (χ0v) is 12.8. The molecule has 7 heteroatoms. The fraction of sp³-hybridized carbons (Fsp3) is 0.375. The van der Waals surface area contributed by atoms with E-state index in [1.807, 2.05) is 6.07 Å². The van der Waals surface area contributed by atoms with Gasteiger partial charge in [0.25, 0.3) is 0 Å². The smallest absolute Gasteiger partial charge is 0.319 e. The van der Waals surface area contributed by atoms with Gasteiger partial charge in [0.15, 0.2) is 0 Å². The third-order valence-electron chi connectivity index (χ3n) is 3.93. The first-order chi connectivity index (χ1) is 11.2. The van der Waals surface area contributed by atoms with E-state index in [-0.39, 0.29) is 12.6 Å². The van der Waals surface area contributed by atoms with E-state index in [9.17, 15) is 9.90 Å². The molecule has 0 spiro atoms. The quantitative estimate of drug-likeness (QED) is 0.661. The Morgan fingerprint density at radius 2 is 2.22 bits per heavy atom. The fourth-order valence-corrected chi connectivity index (χ4v) is 2.78. The van der Waals surface area contributed by atoms with Gasteiger partial charge < -0.3 is 15.7 Å². The lowest BCUT2D eigenvalue weighted by Gasteiger charge is -2.30. The molecule has 1 atom stereocenters. The van der Waals surface area contributed by atoms with E-state index in [4.69, 9.17) is 0 Å². The fourth-order valence-electron chi connectivity index (χ4n) is 2.78. The van der Waals surface area contributed by atoms with Crippen molar-refractivity contribution in [2.45, 2.75) is 19.1 Å². The third-order valence-corrected chi connectivity index (χ3v) is 3.93. The molecule has 0 radical (unpaired) electrons. The molecule has 122 valence electrons. The molecule has 0 fully saturated rings. The van der Waals surface area contributed by atoms with Gasteiger partial charge in [-0.05, 0) is 17.5 Å². The topological polar surface area (TPSA) is 93.3 Å². The number of hydrogen-bond acceptors (Lipinski definition) is 4. The number of urea groups is 1. The maximum absolute atomic E-state index is 11.7. The van der Waals surface area contributed by atoms with Crippen LogP contribution in [0.1, 0.15) is 11.1 Å². The number of aliphatic hydroxyl groups is 1. The van der Waals surface area contributed by atoms with E-state index in [0.717, 1.165) is 19.5 Å². The summed E-state index contributed by atoms with van der Waals surface area (Å²) >= 11 is 0. The van der Waals surface area contributed by atoms with Crippen LogP contribution in [0.4, 0.5) is 10.5 Å². The predicted molar refractivity (Wildman–Crippen MR) is 87.0 cm³/mol. The monoisotopic (exact) mass is 315 g/mol. The van der Waals surface area contributed by atoms with Crippen LogP contribution in [0.15, 0.2) is 36.7 Å².